The molecule has 1 spiro atoms. The first-order chi connectivity index (χ1) is 11.0. The number of hydrogen-bond donors (Lipinski definition) is 1. The Kier molecular flexibility index (Phi) is 3.02. The molecule has 0 aliphatic carbocycles. The Hall–Kier alpha value is -2.28. The van der Waals surface area contributed by atoms with Crippen LogP contribution in [0.2, 0.25) is 0 Å². The van der Waals surface area contributed by atoms with Gasteiger partial charge in [-0.3, -0.25) is 0 Å². The average Bonchev–Trinajstić information content (AvgIpc) is 2.83. The van der Waals surface area contributed by atoms with Crippen LogP contribution in [-0.4, -0.2) is 19.5 Å². The van der Waals surface area contributed by atoms with Gasteiger partial charge in [-0.1, -0.05) is 15.9 Å². The maximum absolute atomic E-state index is 14.9. The van der Waals surface area contributed by atoms with Crippen LogP contribution in [0.3, 0.4) is 0 Å². The lowest BCUT2D eigenvalue weighted by atomic mass is 9.80. The maximum Gasteiger partial charge on any atom is 0.286 e. The Labute approximate surface area is 140 Å². The Balaban J connectivity index is 2.06. The van der Waals surface area contributed by atoms with Crippen molar-refractivity contribution in [3.05, 3.63) is 52.0 Å². The quantitative estimate of drug-likeness (QED) is 0.825. The molecular weight excluding hydrogens is 367 g/mol. The normalized spacial score (nSPS) is 24.3. The highest BCUT2D eigenvalue weighted by atomic mass is 79.9. The minimum absolute atomic E-state index is 0.195. The number of nitrogens with zero attached hydrogens (tertiary/aromatic N) is 1. The van der Waals surface area contributed by atoms with E-state index in [9.17, 15) is 4.39 Å². The van der Waals surface area contributed by atoms with Gasteiger partial charge >= 0.3 is 0 Å². The van der Waals surface area contributed by atoms with Crippen LogP contribution in [0.1, 0.15) is 11.1 Å². The highest BCUT2D eigenvalue weighted by molar-refractivity contribution is 9.10. The number of halogens is 2. The zero-order valence-electron chi connectivity index (χ0n) is 12.0. The summed E-state index contributed by atoms with van der Waals surface area (Å²) in [7, 11) is 1.54. The van der Waals surface area contributed by atoms with E-state index in [1.54, 1.807) is 37.4 Å². The van der Waals surface area contributed by atoms with Crippen LogP contribution < -0.4 is 15.2 Å². The van der Waals surface area contributed by atoms with E-state index >= 15 is 0 Å². The number of methoxy groups -OCH3 is 1. The van der Waals surface area contributed by atoms with E-state index in [0.29, 0.717) is 28.4 Å². The van der Waals surface area contributed by atoms with Crippen LogP contribution in [0.5, 0.6) is 17.2 Å². The van der Waals surface area contributed by atoms with E-state index < -0.39 is 11.9 Å². The number of alkyl halides is 1. The van der Waals surface area contributed by atoms with Crippen LogP contribution in [0.25, 0.3) is 0 Å². The van der Waals surface area contributed by atoms with Gasteiger partial charge in [-0.05, 0) is 36.4 Å². The first kappa shape index (κ1) is 14.3. The Morgan fingerprint density at radius 1 is 1.22 bits per heavy atom. The minimum Gasteiger partial charge on any atom is -0.497 e. The molecule has 2 atom stereocenters. The van der Waals surface area contributed by atoms with Crippen molar-refractivity contribution in [1.82, 2.24) is 0 Å². The molecule has 0 saturated heterocycles. The van der Waals surface area contributed by atoms with Crippen molar-refractivity contribution in [2.75, 3.05) is 7.11 Å². The fraction of sp³-hybridized carbons (Fsp3) is 0.188. The van der Waals surface area contributed by atoms with Gasteiger partial charge in [0, 0.05) is 15.6 Å². The van der Waals surface area contributed by atoms with Crippen LogP contribution in [0.15, 0.2) is 45.9 Å². The number of amidine groups is 1. The summed E-state index contributed by atoms with van der Waals surface area (Å²) < 4.78 is 31.9. The SMILES string of the molecule is COc1ccc2c(c1)C1(N=C(N)OC1F)c1cc(Br)ccc1O2. The van der Waals surface area contributed by atoms with Crippen molar-refractivity contribution in [2.45, 2.75) is 11.9 Å². The van der Waals surface area contributed by atoms with Gasteiger partial charge in [0.15, 0.2) is 5.54 Å². The maximum atomic E-state index is 14.9. The first-order valence-corrected chi connectivity index (χ1v) is 7.66. The molecule has 2 aliphatic heterocycles. The van der Waals surface area contributed by atoms with E-state index in [1.807, 2.05) is 6.07 Å². The van der Waals surface area contributed by atoms with E-state index in [2.05, 4.69) is 20.9 Å². The van der Waals surface area contributed by atoms with Crippen LogP contribution >= 0.6 is 15.9 Å². The lowest BCUT2D eigenvalue weighted by Crippen LogP contribution is -2.36. The molecule has 23 heavy (non-hydrogen) atoms. The predicted octanol–water partition coefficient (Wildman–Crippen LogP) is 3.45. The molecular formula is C16H12BrFN2O3. The van der Waals surface area contributed by atoms with Gasteiger partial charge in [0.05, 0.1) is 7.11 Å². The molecule has 0 bridgehead atoms. The molecule has 118 valence electrons. The number of ether oxygens (including phenoxy) is 3. The number of hydrogen-bond acceptors (Lipinski definition) is 5. The second-order valence-electron chi connectivity index (χ2n) is 5.25. The Bertz CT molecular complexity index is 842. The number of nitrogens with two attached hydrogens (primary N) is 1. The third-order valence-electron chi connectivity index (χ3n) is 4.01. The van der Waals surface area contributed by atoms with Gasteiger partial charge in [0.2, 0.25) is 0 Å². The van der Waals surface area contributed by atoms with Crippen molar-refractivity contribution in [1.29, 1.82) is 0 Å². The van der Waals surface area contributed by atoms with Crippen LogP contribution in [0.4, 0.5) is 4.39 Å². The summed E-state index contributed by atoms with van der Waals surface area (Å²) in [5.41, 5.74) is 5.30. The van der Waals surface area contributed by atoms with E-state index in [1.165, 1.54) is 0 Å². The van der Waals surface area contributed by atoms with Crippen molar-refractivity contribution in [3.8, 4) is 17.2 Å². The summed E-state index contributed by atoms with van der Waals surface area (Å²) >= 11 is 3.40. The standard InChI is InChI=1S/C16H12BrFN2O3/c1-21-9-3-5-13-11(7-9)16(14(18)23-15(19)20-16)10-6-8(17)2-4-12(10)22-13/h2-7,14H,1H3,(H2,19,20). The van der Waals surface area contributed by atoms with E-state index in [-0.39, 0.29) is 6.02 Å². The summed E-state index contributed by atoms with van der Waals surface area (Å²) in [6.07, 6.45) is -1.76. The molecule has 0 radical (unpaired) electrons. The molecule has 2 aromatic rings. The van der Waals surface area contributed by atoms with Gasteiger partial charge in [-0.15, -0.1) is 0 Å². The van der Waals surface area contributed by atoms with Gasteiger partial charge in [-0.2, -0.15) is 4.39 Å². The summed E-state index contributed by atoms with van der Waals surface area (Å²) in [6, 6.07) is 10.3. The van der Waals surface area contributed by atoms with Crippen LogP contribution in [-0.2, 0) is 10.3 Å². The van der Waals surface area contributed by atoms with Crippen molar-refractivity contribution < 1.29 is 18.6 Å². The summed E-state index contributed by atoms with van der Waals surface area (Å²) in [5.74, 6) is 1.57. The van der Waals surface area contributed by atoms with Gasteiger partial charge in [0.1, 0.15) is 17.2 Å². The number of benzene rings is 2. The zero-order valence-corrected chi connectivity index (χ0v) is 13.6. The summed E-state index contributed by atoms with van der Waals surface area (Å²) in [5, 5.41) is 0. The van der Waals surface area contributed by atoms with Gasteiger partial charge in [-0.25, -0.2) is 4.99 Å². The molecule has 2 unspecified atom stereocenters. The van der Waals surface area contributed by atoms with Gasteiger partial charge in [0.25, 0.3) is 12.4 Å². The molecule has 2 aromatic carbocycles. The third-order valence-corrected chi connectivity index (χ3v) is 4.50. The first-order valence-electron chi connectivity index (χ1n) is 6.87. The highest BCUT2D eigenvalue weighted by Crippen LogP contribution is 2.54. The molecule has 0 saturated carbocycles. The number of fused-ring (bicyclic) bond motifs is 4. The van der Waals surface area contributed by atoms with Crippen molar-refractivity contribution in [3.63, 3.8) is 0 Å². The van der Waals surface area contributed by atoms with Crippen LogP contribution in [0, 0.1) is 0 Å². The molecule has 7 heteroatoms. The molecule has 4 rings (SSSR count). The van der Waals surface area contributed by atoms with Crippen molar-refractivity contribution in [2.24, 2.45) is 10.7 Å². The Morgan fingerprint density at radius 3 is 2.57 bits per heavy atom. The molecule has 0 amide bonds. The lowest BCUT2D eigenvalue weighted by molar-refractivity contribution is 0.0218. The fourth-order valence-corrected chi connectivity index (χ4v) is 3.34. The Morgan fingerprint density at radius 2 is 1.91 bits per heavy atom. The summed E-state index contributed by atoms with van der Waals surface area (Å²) in [4.78, 5) is 4.30. The fourth-order valence-electron chi connectivity index (χ4n) is 2.98. The lowest BCUT2D eigenvalue weighted by Gasteiger charge is -2.35. The second kappa shape index (κ2) is 4.86. The highest BCUT2D eigenvalue weighted by Gasteiger charge is 2.55. The molecule has 0 aromatic heterocycles. The number of rotatable bonds is 1. The summed E-state index contributed by atoms with van der Waals surface area (Å²) in [6.45, 7) is 0. The monoisotopic (exact) mass is 378 g/mol. The third kappa shape index (κ3) is 1.92. The largest absolute Gasteiger partial charge is 0.497 e. The smallest absolute Gasteiger partial charge is 0.286 e. The molecule has 2 N–H and O–H groups in total. The predicted molar refractivity (Wildman–Crippen MR) is 85.6 cm³/mol. The van der Waals surface area contributed by atoms with Crippen molar-refractivity contribution >= 4 is 22.0 Å². The number of aliphatic imine (C=N–C) groups is 1. The topological polar surface area (TPSA) is 66.1 Å². The van der Waals surface area contributed by atoms with E-state index in [4.69, 9.17) is 19.9 Å². The van der Waals surface area contributed by atoms with E-state index in [0.717, 1.165) is 4.47 Å². The minimum atomic E-state index is -1.76. The zero-order chi connectivity index (χ0) is 16.2. The molecule has 5 nitrogen and oxygen atoms in total. The molecule has 0 fully saturated rings. The second-order valence-corrected chi connectivity index (χ2v) is 6.17. The molecule has 2 aliphatic rings. The molecule has 2 heterocycles. The van der Waals surface area contributed by atoms with Gasteiger partial charge < -0.3 is 19.9 Å². The average molecular weight is 379 g/mol.